The maximum Gasteiger partial charge on any atom is 0.404 e. The molecule has 0 saturated carbocycles. The minimum Gasteiger partial charge on any atom is -0.358 e. The van der Waals surface area contributed by atoms with E-state index in [1.165, 1.54) is 10.9 Å². The molecule has 0 spiro atoms. The van der Waals surface area contributed by atoms with Gasteiger partial charge in [0.1, 0.15) is 11.0 Å². The van der Waals surface area contributed by atoms with E-state index in [0.29, 0.717) is 5.82 Å². The number of Topliss-reactive ketones (excluding diaryl/α,β-unsaturated/α-hetero) is 1. The minimum absolute atomic E-state index is 0.101. The Balaban J connectivity index is 2.22. The number of carbonyl (C=O) groups excluding carboxylic acids is 1. The third-order valence-electron chi connectivity index (χ3n) is 2.65. The van der Waals surface area contributed by atoms with Crippen LogP contribution in [0.25, 0.3) is 0 Å². The average Bonchev–Trinajstić information content (AvgIpc) is 2.95. The van der Waals surface area contributed by atoms with Crippen LogP contribution in [0.5, 0.6) is 0 Å². The Morgan fingerprint density at radius 3 is 2.80 bits per heavy atom. The second-order valence-electron chi connectivity index (χ2n) is 4.43. The monoisotopic (exact) mass is 341 g/mol. The highest BCUT2D eigenvalue weighted by Crippen LogP contribution is 2.22. The van der Waals surface area contributed by atoms with Crippen molar-refractivity contribution in [3.05, 3.63) is 39.0 Å². The SMILES string of the molecule is CC(C)n1ccnc1C(=O)Cn1cc(Br)c([N+](=O)[O-])n1. The molecule has 2 rings (SSSR count). The van der Waals surface area contributed by atoms with Crippen molar-refractivity contribution in [3.63, 3.8) is 0 Å². The standard InChI is InChI=1S/C11H12BrN5O3/c1-7(2)16-4-3-13-11(16)9(18)6-15-5-8(12)10(14-15)17(19)20/h3-5,7H,6H2,1-2H3. The molecule has 0 aliphatic rings. The molecule has 0 aromatic carbocycles. The number of nitro groups is 1. The Morgan fingerprint density at radius 1 is 1.55 bits per heavy atom. The molecule has 0 aliphatic carbocycles. The van der Waals surface area contributed by atoms with Gasteiger partial charge >= 0.3 is 5.82 Å². The molecule has 0 aliphatic heterocycles. The van der Waals surface area contributed by atoms with Gasteiger partial charge in [0, 0.05) is 18.4 Å². The number of nitrogens with zero attached hydrogens (tertiary/aromatic N) is 5. The van der Waals surface area contributed by atoms with E-state index in [9.17, 15) is 14.9 Å². The fourth-order valence-corrected chi connectivity index (χ4v) is 2.22. The van der Waals surface area contributed by atoms with Crippen molar-refractivity contribution in [2.45, 2.75) is 26.4 Å². The van der Waals surface area contributed by atoms with E-state index in [0.717, 1.165) is 0 Å². The first-order valence-corrected chi connectivity index (χ1v) is 6.62. The first-order chi connectivity index (χ1) is 9.40. The van der Waals surface area contributed by atoms with Gasteiger partial charge in [-0.3, -0.25) is 4.79 Å². The van der Waals surface area contributed by atoms with Gasteiger partial charge in [-0.25, -0.2) is 4.98 Å². The molecule has 0 amide bonds. The summed E-state index contributed by atoms with van der Waals surface area (Å²) in [7, 11) is 0. The highest BCUT2D eigenvalue weighted by molar-refractivity contribution is 9.10. The molecule has 20 heavy (non-hydrogen) atoms. The van der Waals surface area contributed by atoms with Crippen LogP contribution in [-0.4, -0.2) is 30.0 Å². The maximum absolute atomic E-state index is 12.2. The number of ketones is 1. The number of carbonyl (C=O) groups is 1. The molecule has 2 heterocycles. The van der Waals surface area contributed by atoms with Crippen LogP contribution in [0.15, 0.2) is 23.1 Å². The molecule has 2 aromatic heterocycles. The van der Waals surface area contributed by atoms with Crippen LogP contribution in [0.2, 0.25) is 0 Å². The predicted octanol–water partition coefficient (Wildman–Crippen LogP) is 2.21. The quantitative estimate of drug-likeness (QED) is 0.472. The number of halogens is 1. The molecule has 2 aromatic rings. The molecule has 8 nitrogen and oxygen atoms in total. The zero-order chi connectivity index (χ0) is 14.9. The summed E-state index contributed by atoms with van der Waals surface area (Å²) in [6.45, 7) is 3.78. The van der Waals surface area contributed by atoms with Crippen LogP contribution in [0, 0.1) is 10.1 Å². The summed E-state index contributed by atoms with van der Waals surface area (Å²) in [4.78, 5) is 26.3. The van der Waals surface area contributed by atoms with Gasteiger partial charge in [0.25, 0.3) is 0 Å². The molecule has 0 fully saturated rings. The first-order valence-electron chi connectivity index (χ1n) is 5.83. The van der Waals surface area contributed by atoms with Crippen molar-refractivity contribution in [2.75, 3.05) is 0 Å². The Labute approximate surface area is 122 Å². The summed E-state index contributed by atoms with van der Waals surface area (Å²) in [5, 5.41) is 14.4. The highest BCUT2D eigenvalue weighted by atomic mass is 79.9. The topological polar surface area (TPSA) is 95.8 Å². The Hall–Kier alpha value is -2.03. The second-order valence-corrected chi connectivity index (χ2v) is 5.28. The molecule has 0 saturated heterocycles. The summed E-state index contributed by atoms with van der Waals surface area (Å²) in [5.41, 5.74) is 0. The van der Waals surface area contributed by atoms with Gasteiger partial charge in [0.2, 0.25) is 5.78 Å². The number of hydrogen-bond donors (Lipinski definition) is 0. The van der Waals surface area contributed by atoms with Gasteiger partial charge in [0.15, 0.2) is 5.82 Å². The summed E-state index contributed by atoms with van der Waals surface area (Å²) in [5.74, 6) is -0.257. The highest BCUT2D eigenvalue weighted by Gasteiger charge is 2.22. The fourth-order valence-electron chi connectivity index (χ4n) is 1.76. The van der Waals surface area contributed by atoms with Crippen molar-refractivity contribution >= 4 is 27.5 Å². The fraction of sp³-hybridized carbons (Fsp3) is 0.364. The van der Waals surface area contributed by atoms with Crippen LogP contribution in [0.4, 0.5) is 5.82 Å². The van der Waals surface area contributed by atoms with Crippen LogP contribution in [-0.2, 0) is 6.54 Å². The molecule has 106 valence electrons. The lowest BCUT2D eigenvalue weighted by Gasteiger charge is -2.09. The summed E-state index contributed by atoms with van der Waals surface area (Å²) >= 11 is 3.04. The Morgan fingerprint density at radius 2 is 2.25 bits per heavy atom. The van der Waals surface area contributed by atoms with Crippen LogP contribution in [0.1, 0.15) is 30.5 Å². The van der Waals surface area contributed by atoms with E-state index < -0.39 is 4.92 Å². The summed E-state index contributed by atoms with van der Waals surface area (Å²) in [6, 6.07) is 0.107. The molecule has 0 bridgehead atoms. The third-order valence-corrected chi connectivity index (χ3v) is 3.21. The van der Waals surface area contributed by atoms with Crippen molar-refractivity contribution in [1.29, 1.82) is 0 Å². The van der Waals surface area contributed by atoms with Gasteiger partial charge in [-0.15, -0.1) is 0 Å². The molecule has 0 N–H and O–H groups in total. The van der Waals surface area contributed by atoms with E-state index in [-0.39, 0.29) is 28.7 Å². The molecular formula is C11H12BrN5O3. The Kier molecular flexibility index (Phi) is 3.98. The zero-order valence-corrected chi connectivity index (χ0v) is 12.4. The van der Waals surface area contributed by atoms with E-state index in [4.69, 9.17) is 0 Å². The van der Waals surface area contributed by atoms with Crippen LogP contribution >= 0.6 is 15.9 Å². The molecule has 9 heteroatoms. The lowest BCUT2D eigenvalue weighted by atomic mass is 10.3. The van der Waals surface area contributed by atoms with Crippen molar-refractivity contribution in [3.8, 4) is 0 Å². The van der Waals surface area contributed by atoms with Crippen LogP contribution < -0.4 is 0 Å². The first kappa shape index (κ1) is 14.4. The Bertz CT molecular complexity index is 661. The largest absolute Gasteiger partial charge is 0.404 e. The average molecular weight is 342 g/mol. The van der Waals surface area contributed by atoms with Gasteiger partial charge < -0.3 is 14.7 Å². The summed E-state index contributed by atoms with van der Waals surface area (Å²) < 4.78 is 3.21. The lowest BCUT2D eigenvalue weighted by molar-refractivity contribution is -0.390. The van der Waals surface area contributed by atoms with E-state index in [1.54, 1.807) is 17.0 Å². The zero-order valence-electron chi connectivity index (χ0n) is 10.9. The third kappa shape index (κ3) is 2.77. The number of rotatable bonds is 5. The maximum atomic E-state index is 12.2. The van der Waals surface area contributed by atoms with Gasteiger partial charge in [0.05, 0.1) is 11.3 Å². The van der Waals surface area contributed by atoms with Gasteiger partial charge in [-0.1, -0.05) is 0 Å². The van der Waals surface area contributed by atoms with Crippen molar-refractivity contribution in [1.82, 2.24) is 19.3 Å². The van der Waals surface area contributed by atoms with Crippen molar-refractivity contribution in [2.24, 2.45) is 0 Å². The smallest absolute Gasteiger partial charge is 0.358 e. The lowest BCUT2D eigenvalue weighted by Crippen LogP contribution is -2.17. The number of imidazole rings is 1. The van der Waals surface area contributed by atoms with Crippen LogP contribution in [0.3, 0.4) is 0 Å². The van der Waals surface area contributed by atoms with Gasteiger partial charge in [-0.2, -0.15) is 4.68 Å². The molecular weight excluding hydrogens is 330 g/mol. The minimum atomic E-state index is -0.611. The van der Waals surface area contributed by atoms with Gasteiger partial charge in [-0.05, 0) is 34.7 Å². The predicted molar refractivity (Wildman–Crippen MR) is 73.5 cm³/mol. The van der Waals surface area contributed by atoms with E-state index in [1.807, 2.05) is 13.8 Å². The van der Waals surface area contributed by atoms with E-state index in [2.05, 4.69) is 26.0 Å². The summed E-state index contributed by atoms with van der Waals surface area (Å²) in [6.07, 6.45) is 4.67. The molecule has 0 atom stereocenters. The number of aromatic nitrogens is 4. The number of hydrogen-bond acceptors (Lipinski definition) is 5. The van der Waals surface area contributed by atoms with Crippen molar-refractivity contribution < 1.29 is 9.72 Å². The normalized spacial score (nSPS) is 11.0. The van der Waals surface area contributed by atoms with E-state index >= 15 is 0 Å². The molecule has 0 unspecified atom stereocenters. The second kappa shape index (κ2) is 5.53. The molecule has 0 radical (unpaired) electrons.